The molecule has 1 aromatic heterocycles. The van der Waals surface area contributed by atoms with Gasteiger partial charge in [-0.05, 0) is 55.0 Å². The second-order valence-corrected chi connectivity index (χ2v) is 11.2. The maximum Gasteiger partial charge on any atom is 0.262 e. The second-order valence-electron chi connectivity index (χ2n) is 8.23. The summed E-state index contributed by atoms with van der Waals surface area (Å²) in [4.78, 5) is 0. The van der Waals surface area contributed by atoms with E-state index in [0.717, 1.165) is 56.4 Å². The van der Waals surface area contributed by atoms with Crippen LogP contribution < -0.4 is 9.88 Å². The molecule has 2 aromatic carbocycles. The van der Waals surface area contributed by atoms with E-state index in [1.165, 1.54) is 0 Å². The Hall–Kier alpha value is -2.45. The molecule has 178 valence electrons. The van der Waals surface area contributed by atoms with Gasteiger partial charge in [0.15, 0.2) is 6.54 Å². The van der Waals surface area contributed by atoms with Crippen molar-refractivity contribution in [2.24, 2.45) is 0 Å². The normalized spacial score (nSPS) is 16.1. The summed E-state index contributed by atoms with van der Waals surface area (Å²) in [7, 11) is -4.18. The first kappa shape index (κ1) is 24.7. The van der Waals surface area contributed by atoms with E-state index in [4.69, 9.17) is 11.6 Å². The minimum absolute atomic E-state index is 0.324. The number of hydrogen-bond acceptors (Lipinski definition) is 5. The molecule has 0 saturated carbocycles. The van der Waals surface area contributed by atoms with Crippen molar-refractivity contribution in [3.63, 3.8) is 0 Å². The van der Waals surface area contributed by atoms with Gasteiger partial charge in [0, 0.05) is 41.2 Å². The van der Waals surface area contributed by atoms with Crippen LogP contribution in [0.3, 0.4) is 0 Å². The second kappa shape index (κ2) is 11.3. The molecule has 3 aromatic rings. The quantitative estimate of drug-likeness (QED) is 0.209. The number of para-hydroxylation sites is 2. The molecule has 0 aliphatic heterocycles. The van der Waals surface area contributed by atoms with Gasteiger partial charge in [0.25, 0.3) is 5.01 Å². The molecule has 1 heterocycles. The fraction of sp³-hybridized carbons (Fsp3) is 0.269. The summed E-state index contributed by atoms with van der Waals surface area (Å²) >= 11 is 8.46. The molecule has 1 aliphatic carbocycles. The summed E-state index contributed by atoms with van der Waals surface area (Å²) in [5.41, 5.74) is 4.33. The van der Waals surface area contributed by atoms with Crippen LogP contribution in [0.4, 0.5) is 5.69 Å². The molecule has 0 radical (unpaired) electrons. The third-order valence-electron chi connectivity index (χ3n) is 5.73. The number of allylic oxidation sites excluding steroid dienone is 4. The molecule has 34 heavy (non-hydrogen) atoms. The van der Waals surface area contributed by atoms with Crippen LogP contribution >= 0.6 is 22.9 Å². The van der Waals surface area contributed by atoms with Crippen LogP contribution in [-0.4, -0.2) is 18.7 Å². The number of aromatic nitrogens is 1. The van der Waals surface area contributed by atoms with E-state index in [0.29, 0.717) is 19.4 Å². The summed E-state index contributed by atoms with van der Waals surface area (Å²) in [6.45, 7) is 0.651. The van der Waals surface area contributed by atoms with Gasteiger partial charge in [0.2, 0.25) is 5.52 Å². The molecule has 0 fully saturated rings. The largest absolute Gasteiger partial charge is 0.748 e. The Bertz CT molecular complexity index is 1340. The highest BCUT2D eigenvalue weighted by atomic mass is 35.5. The maximum atomic E-state index is 10.9. The topological polar surface area (TPSA) is 73.1 Å². The molecule has 0 bridgehead atoms. The number of halogens is 1. The Kier molecular flexibility index (Phi) is 8.21. The highest BCUT2D eigenvalue weighted by Crippen LogP contribution is 2.34. The number of nitrogens with zero attached hydrogens (tertiary/aromatic N) is 1. The number of rotatable bonds is 9. The van der Waals surface area contributed by atoms with E-state index in [1.54, 1.807) is 11.3 Å². The van der Waals surface area contributed by atoms with Gasteiger partial charge < -0.3 is 9.87 Å². The predicted molar refractivity (Wildman–Crippen MR) is 140 cm³/mol. The Morgan fingerprint density at radius 1 is 1.03 bits per heavy atom. The average Bonchev–Trinajstić information content (AvgIpc) is 3.18. The van der Waals surface area contributed by atoms with Crippen molar-refractivity contribution in [1.82, 2.24) is 0 Å². The Labute approximate surface area is 209 Å². The zero-order valence-electron chi connectivity index (χ0n) is 18.7. The van der Waals surface area contributed by atoms with Gasteiger partial charge in [-0.3, -0.25) is 0 Å². The van der Waals surface area contributed by atoms with Gasteiger partial charge in [-0.2, -0.15) is 4.57 Å². The van der Waals surface area contributed by atoms with Gasteiger partial charge in [0.1, 0.15) is 4.70 Å². The number of unbranched alkanes of at least 4 members (excludes halogenated alkanes) is 1. The summed E-state index contributed by atoms with van der Waals surface area (Å²) in [6, 6.07) is 18.2. The molecule has 8 heteroatoms. The van der Waals surface area contributed by atoms with Crippen molar-refractivity contribution < 1.29 is 17.5 Å². The fourth-order valence-electron chi connectivity index (χ4n) is 4.02. The number of anilines is 1. The van der Waals surface area contributed by atoms with E-state index in [-0.39, 0.29) is 5.75 Å². The molecule has 4 rings (SSSR count). The monoisotopic (exact) mass is 514 g/mol. The van der Waals surface area contributed by atoms with E-state index in [9.17, 15) is 13.0 Å². The van der Waals surface area contributed by atoms with E-state index in [2.05, 4.69) is 34.2 Å². The number of fused-ring (bicyclic) bond motifs is 1. The van der Waals surface area contributed by atoms with Crippen molar-refractivity contribution in [1.29, 1.82) is 0 Å². The molecule has 5 nitrogen and oxygen atoms in total. The standard InChI is InChI=1S/C26H27ClN2O3S2/c27-26-20(9-8-10-21(26)19-28-22-11-2-1-3-12-22)15-16-25-29(17-6-7-18-34(30,31)32)23-13-4-5-14-24(23)33-25/h1-5,11-16,19H,6-10,17-18H2,(H,30,31,32). The van der Waals surface area contributed by atoms with Crippen LogP contribution in [0.25, 0.3) is 16.3 Å². The first-order valence-corrected chi connectivity index (χ1v) is 14.1. The summed E-state index contributed by atoms with van der Waals surface area (Å²) in [6.07, 6.45) is 10.1. The predicted octanol–water partition coefficient (Wildman–Crippen LogP) is 6.20. The van der Waals surface area contributed by atoms with Crippen molar-refractivity contribution in [3.05, 3.63) is 88.1 Å². The van der Waals surface area contributed by atoms with Crippen molar-refractivity contribution >= 4 is 55.0 Å². The Morgan fingerprint density at radius 2 is 1.79 bits per heavy atom. The lowest BCUT2D eigenvalue weighted by atomic mass is 9.95. The SMILES string of the molecule is O=S(=O)([O-])CCCC[n+]1c(/C=C/C2=C(Cl)C(=C/Nc3ccccc3)/CCC2)sc2ccccc21. The van der Waals surface area contributed by atoms with E-state index >= 15 is 0 Å². The first-order valence-electron chi connectivity index (χ1n) is 11.3. The molecule has 0 atom stereocenters. The van der Waals surface area contributed by atoms with Crippen molar-refractivity contribution in [2.75, 3.05) is 11.1 Å². The molecule has 0 spiro atoms. The van der Waals surface area contributed by atoms with Crippen LogP contribution in [0.5, 0.6) is 0 Å². The molecule has 0 unspecified atom stereocenters. The first-order chi connectivity index (χ1) is 16.4. The van der Waals surface area contributed by atoms with Crippen LogP contribution in [-0.2, 0) is 16.7 Å². The van der Waals surface area contributed by atoms with E-state index < -0.39 is 10.1 Å². The average molecular weight is 515 g/mol. The van der Waals surface area contributed by atoms with Crippen molar-refractivity contribution in [2.45, 2.75) is 38.6 Å². The summed E-state index contributed by atoms with van der Waals surface area (Å²) in [5, 5.41) is 5.20. The fourth-order valence-corrected chi connectivity index (χ4v) is 5.97. The third-order valence-corrected chi connectivity index (χ3v) is 8.14. The van der Waals surface area contributed by atoms with Gasteiger partial charge in [0.05, 0.1) is 10.1 Å². The van der Waals surface area contributed by atoms with Gasteiger partial charge in [-0.25, -0.2) is 8.42 Å². The highest BCUT2D eigenvalue weighted by molar-refractivity contribution is 7.85. The molecular formula is C26H27ClN2O3S2. The summed E-state index contributed by atoms with van der Waals surface area (Å²) < 4.78 is 36.2. The van der Waals surface area contributed by atoms with Crippen LogP contribution in [0, 0.1) is 0 Å². The zero-order valence-corrected chi connectivity index (χ0v) is 21.1. The number of aryl methyl sites for hydroxylation is 1. The lowest BCUT2D eigenvalue weighted by Crippen LogP contribution is -2.35. The number of hydrogen-bond donors (Lipinski definition) is 1. The summed E-state index contributed by atoms with van der Waals surface area (Å²) in [5.74, 6) is -0.324. The molecule has 0 saturated heterocycles. The number of benzene rings is 2. The lowest BCUT2D eigenvalue weighted by Gasteiger charge is -2.17. The maximum absolute atomic E-state index is 10.9. The third kappa shape index (κ3) is 6.57. The van der Waals surface area contributed by atoms with Crippen molar-refractivity contribution in [3.8, 4) is 0 Å². The number of thiazole rings is 1. The van der Waals surface area contributed by atoms with Crippen LogP contribution in [0.15, 0.2) is 83.1 Å². The van der Waals surface area contributed by atoms with Gasteiger partial charge >= 0.3 is 0 Å². The minimum atomic E-state index is -4.18. The molecule has 0 amide bonds. The smallest absolute Gasteiger partial charge is 0.262 e. The molecule has 1 N–H and O–H groups in total. The van der Waals surface area contributed by atoms with Gasteiger partial charge in [-0.15, -0.1) is 0 Å². The highest BCUT2D eigenvalue weighted by Gasteiger charge is 2.19. The minimum Gasteiger partial charge on any atom is -0.748 e. The van der Waals surface area contributed by atoms with E-state index in [1.807, 2.05) is 48.7 Å². The lowest BCUT2D eigenvalue weighted by molar-refractivity contribution is -0.669. The number of nitrogens with one attached hydrogen (secondary N) is 1. The Morgan fingerprint density at radius 3 is 2.59 bits per heavy atom. The van der Waals surface area contributed by atoms with Crippen LogP contribution in [0.2, 0.25) is 0 Å². The van der Waals surface area contributed by atoms with Crippen LogP contribution in [0.1, 0.15) is 37.1 Å². The van der Waals surface area contributed by atoms with Gasteiger partial charge in [-0.1, -0.05) is 59.3 Å². The molecular weight excluding hydrogens is 488 g/mol. The molecule has 1 aliphatic rings. The Balaban J connectivity index is 1.55. The zero-order chi connectivity index (χ0) is 24.0.